The topological polar surface area (TPSA) is 134 Å². The average Bonchev–Trinajstić information content (AvgIpc) is 3.37. The Morgan fingerprint density at radius 3 is 2.50 bits per heavy atom. The zero-order chi connectivity index (χ0) is 28.6. The highest BCUT2D eigenvalue weighted by molar-refractivity contribution is 5.88. The molecule has 0 amide bonds. The quantitative estimate of drug-likeness (QED) is 0.235. The third-order valence-electron chi connectivity index (χ3n) is 8.11. The van der Waals surface area contributed by atoms with Crippen LogP contribution in [-0.4, -0.2) is 86.7 Å². The molecule has 13 heteroatoms. The lowest BCUT2D eigenvalue weighted by Gasteiger charge is -2.36. The molecule has 13 nitrogen and oxygen atoms in total. The molecule has 1 aromatic carbocycles. The van der Waals surface area contributed by atoms with Crippen molar-refractivity contribution >= 4 is 28.4 Å². The molecule has 0 spiro atoms. The molecule has 2 aliphatic rings. The predicted molar refractivity (Wildman–Crippen MR) is 158 cm³/mol. The van der Waals surface area contributed by atoms with E-state index in [9.17, 15) is 4.79 Å². The summed E-state index contributed by atoms with van der Waals surface area (Å²) in [6.45, 7) is 6.61. The first-order valence-electron chi connectivity index (χ1n) is 14.5. The maximum Gasteiger partial charge on any atom is 0.330 e. The van der Waals surface area contributed by atoms with E-state index in [2.05, 4.69) is 32.0 Å². The first-order chi connectivity index (χ1) is 20.6. The maximum absolute atomic E-state index is 13.8. The number of nitrogens with two attached hydrogens (primary N) is 1. The minimum atomic E-state index is -0.0779. The molecule has 2 N–H and O–H groups in total. The van der Waals surface area contributed by atoms with Crippen LogP contribution in [0, 0.1) is 5.92 Å². The number of rotatable bonds is 11. The van der Waals surface area contributed by atoms with Crippen molar-refractivity contribution in [2.24, 2.45) is 5.92 Å². The van der Waals surface area contributed by atoms with E-state index in [0.717, 1.165) is 51.3 Å². The maximum atomic E-state index is 13.8. The number of nitrogen functional groups attached to an aromatic ring is 1. The third kappa shape index (κ3) is 5.09. The molecule has 7 rings (SSSR count). The van der Waals surface area contributed by atoms with Crippen molar-refractivity contribution in [3.05, 3.63) is 53.1 Å². The fourth-order valence-corrected chi connectivity index (χ4v) is 5.60. The molecule has 0 bridgehead atoms. The highest BCUT2D eigenvalue weighted by atomic mass is 16.5. The van der Waals surface area contributed by atoms with Gasteiger partial charge in [0, 0.05) is 58.6 Å². The number of anilines is 2. The van der Waals surface area contributed by atoms with E-state index in [4.69, 9.17) is 24.6 Å². The third-order valence-corrected chi connectivity index (χ3v) is 8.11. The summed E-state index contributed by atoms with van der Waals surface area (Å²) in [5, 5.41) is 4.53. The zero-order valence-electron chi connectivity index (χ0n) is 23.7. The first-order valence-corrected chi connectivity index (χ1v) is 14.5. The van der Waals surface area contributed by atoms with E-state index < -0.39 is 0 Å². The van der Waals surface area contributed by atoms with Gasteiger partial charge >= 0.3 is 5.69 Å². The Bertz CT molecular complexity index is 1730. The Kier molecular flexibility index (Phi) is 7.04. The SMILES string of the molecule is COCCOc1ccc(N2CCN(CCn3c(=O)n(CC4CC4)c4c3nc(N)n3nc(-c5ccco5)nc43)CC2)cc1. The van der Waals surface area contributed by atoms with Crippen LogP contribution in [0.3, 0.4) is 0 Å². The van der Waals surface area contributed by atoms with Crippen LogP contribution in [0.4, 0.5) is 11.6 Å². The van der Waals surface area contributed by atoms with Gasteiger partial charge in [0.1, 0.15) is 17.9 Å². The summed E-state index contributed by atoms with van der Waals surface area (Å²) < 4.78 is 21.3. The summed E-state index contributed by atoms with van der Waals surface area (Å²) in [5.74, 6) is 2.46. The van der Waals surface area contributed by atoms with Crippen molar-refractivity contribution in [3.63, 3.8) is 0 Å². The smallest absolute Gasteiger partial charge is 0.330 e. The van der Waals surface area contributed by atoms with Gasteiger partial charge in [-0.3, -0.25) is 14.0 Å². The fourth-order valence-electron chi connectivity index (χ4n) is 5.60. The van der Waals surface area contributed by atoms with E-state index in [-0.39, 0.29) is 11.6 Å². The number of hydrogen-bond acceptors (Lipinski definition) is 10. The van der Waals surface area contributed by atoms with Crippen molar-refractivity contribution in [2.45, 2.75) is 25.9 Å². The van der Waals surface area contributed by atoms with Crippen LogP contribution < -0.4 is 21.1 Å². The molecule has 1 aliphatic carbocycles. The Labute approximate surface area is 242 Å². The number of nitrogens with zero attached hydrogens (tertiary/aromatic N) is 8. The minimum Gasteiger partial charge on any atom is -0.491 e. The second-order valence-electron chi connectivity index (χ2n) is 10.9. The van der Waals surface area contributed by atoms with E-state index in [1.807, 2.05) is 16.7 Å². The van der Waals surface area contributed by atoms with Crippen molar-refractivity contribution in [3.8, 4) is 17.3 Å². The molecule has 42 heavy (non-hydrogen) atoms. The Morgan fingerprint density at radius 1 is 0.976 bits per heavy atom. The van der Waals surface area contributed by atoms with Crippen LogP contribution in [0.5, 0.6) is 5.75 Å². The van der Waals surface area contributed by atoms with Crippen molar-refractivity contribution < 1.29 is 13.9 Å². The molecule has 4 aromatic heterocycles. The number of methoxy groups -OCH3 is 1. The summed E-state index contributed by atoms with van der Waals surface area (Å²) >= 11 is 0. The summed E-state index contributed by atoms with van der Waals surface area (Å²) in [7, 11) is 1.67. The van der Waals surface area contributed by atoms with Crippen LogP contribution in [-0.2, 0) is 17.8 Å². The first kappa shape index (κ1) is 26.5. The van der Waals surface area contributed by atoms with Crippen LogP contribution in [0.1, 0.15) is 12.8 Å². The fraction of sp³-hybridized carbons (Fsp3) is 0.448. The van der Waals surface area contributed by atoms with Crippen molar-refractivity contribution in [1.29, 1.82) is 0 Å². The lowest BCUT2D eigenvalue weighted by atomic mass is 10.2. The Morgan fingerprint density at radius 2 is 1.79 bits per heavy atom. The summed E-state index contributed by atoms with van der Waals surface area (Å²) in [6, 6.07) is 11.8. The van der Waals surface area contributed by atoms with Gasteiger partial charge in [0.25, 0.3) is 0 Å². The molecule has 5 aromatic rings. The van der Waals surface area contributed by atoms with Gasteiger partial charge < -0.3 is 24.5 Å². The van der Waals surface area contributed by atoms with Gasteiger partial charge in [0.05, 0.1) is 12.9 Å². The van der Waals surface area contributed by atoms with Crippen molar-refractivity contribution in [1.82, 2.24) is 33.6 Å². The second kappa shape index (κ2) is 11.1. The molecule has 1 saturated heterocycles. The van der Waals surface area contributed by atoms with E-state index >= 15 is 0 Å². The van der Waals surface area contributed by atoms with Gasteiger partial charge in [-0.15, -0.1) is 5.10 Å². The predicted octanol–water partition coefficient (Wildman–Crippen LogP) is 2.34. The summed E-state index contributed by atoms with van der Waals surface area (Å²) in [5.41, 5.74) is 9.19. The standard InChI is InChI=1S/C29H35N9O4/c1-40-17-18-41-22-8-6-21(7-9-22)35-13-10-34(11-14-35)12-15-36-26-24(37(29(36)39)19-20-4-5-20)27-31-25(23-3-2-16-42-23)33-38(27)28(30)32-26/h2-3,6-9,16,20H,4-5,10-15,17-19H2,1H3,(H2,30,32). The number of furan rings is 1. The van der Waals surface area contributed by atoms with Gasteiger partial charge in [-0.1, -0.05) is 0 Å². The number of aromatic nitrogens is 6. The van der Waals surface area contributed by atoms with Crippen LogP contribution in [0.15, 0.2) is 51.9 Å². The molecule has 1 saturated carbocycles. The number of piperazine rings is 1. The lowest BCUT2D eigenvalue weighted by Crippen LogP contribution is -2.47. The second-order valence-corrected chi connectivity index (χ2v) is 10.9. The normalized spacial score (nSPS) is 16.2. The largest absolute Gasteiger partial charge is 0.491 e. The van der Waals surface area contributed by atoms with Gasteiger partial charge in [0.15, 0.2) is 17.1 Å². The van der Waals surface area contributed by atoms with Crippen LogP contribution in [0.25, 0.3) is 28.4 Å². The molecule has 220 valence electrons. The van der Waals surface area contributed by atoms with Gasteiger partial charge in [-0.25, -0.2) is 9.78 Å². The number of hydrogen-bond donors (Lipinski definition) is 1. The zero-order valence-corrected chi connectivity index (χ0v) is 23.7. The lowest BCUT2D eigenvalue weighted by molar-refractivity contribution is 0.146. The van der Waals surface area contributed by atoms with E-state index in [1.54, 1.807) is 30.1 Å². The Balaban J connectivity index is 1.09. The Hall–Kier alpha value is -4.36. The van der Waals surface area contributed by atoms with E-state index in [0.29, 0.717) is 60.6 Å². The van der Waals surface area contributed by atoms with Crippen molar-refractivity contribution in [2.75, 3.05) is 63.7 Å². The average molecular weight is 574 g/mol. The minimum absolute atomic E-state index is 0.0779. The van der Waals surface area contributed by atoms with Crippen LogP contribution in [0.2, 0.25) is 0 Å². The van der Waals surface area contributed by atoms with Gasteiger partial charge in [-0.05, 0) is 55.2 Å². The highest BCUT2D eigenvalue weighted by Crippen LogP contribution is 2.32. The number of benzene rings is 1. The van der Waals surface area contributed by atoms with Crippen LogP contribution >= 0.6 is 0 Å². The molecule has 5 heterocycles. The number of imidazole rings is 1. The van der Waals surface area contributed by atoms with Gasteiger partial charge in [-0.2, -0.15) is 9.50 Å². The molecule has 1 aliphatic heterocycles. The number of ether oxygens (including phenoxy) is 2. The summed E-state index contributed by atoms with van der Waals surface area (Å²) in [4.78, 5) is 28.0. The summed E-state index contributed by atoms with van der Waals surface area (Å²) in [6.07, 6.45) is 3.82. The number of fused-ring (bicyclic) bond motifs is 3. The molecular weight excluding hydrogens is 538 g/mol. The molecule has 2 fully saturated rings. The molecule has 0 atom stereocenters. The molecule has 0 radical (unpaired) electrons. The van der Waals surface area contributed by atoms with E-state index in [1.165, 1.54) is 10.2 Å². The molecular formula is C29H35N9O4. The monoisotopic (exact) mass is 573 g/mol. The molecule has 0 unspecified atom stereocenters. The van der Waals surface area contributed by atoms with Gasteiger partial charge in [0.2, 0.25) is 11.8 Å². The highest BCUT2D eigenvalue weighted by Gasteiger charge is 2.28.